The Morgan fingerprint density at radius 3 is 2.08 bits per heavy atom. The molecule has 134 valence electrons. The van der Waals surface area contributed by atoms with Crippen LogP contribution in [-0.2, 0) is 17.1 Å². The van der Waals surface area contributed by atoms with Crippen LogP contribution in [-0.4, -0.2) is 39.0 Å². The molecule has 2 aromatic rings. The third-order valence-corrected chi connectivity index (χ3v) is 4.80. The van der Waals surface area contributed by atoms with Gasteiger partial charge in [0.2, 0.25) is 10.0 Å². The van der Waals surface area contributed by atoms with Crippen molar-refractivity contribution in [3.63, 3.8) is 0 Å². The number of carbonyl (C=O) groups is 2. The second kappa shape index (κ2) is 7.36. The lowest BCUT2D eigenvalue weighted by atomic mass is 10.2. The van der Waals surface area contributed by atoms with Crippen molar-refractivity contribution >= 4 is 33.3 Å². The molecule has 1 aromatic carbocycles. The number of aryl methyl sites for hydroxylation is 1. The molecule has 25 heavy (non-hydrogen) atoms. The van der Waals surface area contributed by atoms with Gasteiger partial charge in [-0.1, -0.05) is 0 Å². The van der Waals surface area contributed by atoms with Crippen molar-refractivity contribution in [3.8, 4) is 0 Å². The van der Waals surface area contributed by atoms with Crippen molar-refractivity contribution < 1.29 is 18.0 Å². The molecule has 0 unspecified atom stereocenters. The summed E-state index contributed by atoms with van der Waals surface area (Å²) in [5.41, 5.74) is 1.27. The molecule has 0 aliphatic rings. The van der Waals surface area contributed by atoms with Gasteiger partial charge in [-0.15, -0.1) is 0 Å². The Morgan fingerprint density at radius 2 is 1.56 bits per heavy atom. The molecule has 0 aliphatic carbocycles. The quantitative estimate of drug-likeness (QED) is 0.630. The highest BCUT2D eigenvalue weighted by molar-refractivity contribution is 7.89. The summed E-state index contributed by atoms with van der Waals surface area (Å²) >= 11 is 0. The zero-order valence-corrected chi connectivity index (χ0v) is 14.8. The Balaban J connectivity index is 2.13. The number of anilines is 2. The highest BCUT2D eigenvalue weighted by Gasteiger charge is 2.19. The molecule has 1 heterocycles. The Labute approximate surface area is 145 Å². The lowest BCUT2D eigenvalue weighted by Gasteiger charge is -2.08. The van der Waals surface area contributed by atoms with Gasteiger partial charge in [0.15, 0.2) is 0 Å². The summed E-state index contributed by atoms with van der Waals surface area (Å²) in [5.74, 6) is -0.452. The second-order valence-electron chi connectivity index (χ2n) is 5.12. The van der Waals surface area contributed by atoms with Gasteiger partial charge < -0.3 is 20.5 Å². The van der Waals surface area contributed by atoms with Crippen molar-refractivity contribution in [1.82, 2.24) is 14.6 Å². The number of benzene rings is 1. The third kappa shape index (κ3) is 4.37. The van der Waals surface area contributed by atoms with Crippen LogP contribution in [0.4, 0.5) is 16.2 Å². The molecular weight excluding hydrogens is 346 g/mol. The molecule has 3 amide bonds. The molecule has 0 radical (unpaired) electrons. The van der Waals surface area contributed by atoms with E-state index in [1.165, 1.54) is 30.9 Å². The van der Waals surface area contributed by atoms with Crippen molar-refractivity contribution in [2.24, 2.45) is 7.05 Å². The standard InChI is InChI=1S/C15H19N5O4S/c1-16-15(22)19-11-6-4-10(5-7-11)18-14(21)13-8-12(9-20(13)3)25(23,24)17-2/h4-9,17H,1-3H3,(H,18,21)(H2,16,19,22). The number of amides is 3. The number of rotatable bonds is 5. The summed E-state index contributed by atoms with van der Waals surface area (Å²) in [4.78, 5) is 23.6. The summed E-state index contributed by atoms with van der Waals surface area (Å²) in [6.45, 7) is 0. The topological polar surface area (TPSA) is 121 Å². The molecule has 0 atom stereocenters. The molecule has 2 rings (SSSR count). The highest BCUT2D eigenvalue weighted by atomic mass is 32.2. The van der Waals surface area contributed by atoms with Gasteiger partial charge in [-0.25, -0.2) is 17.9 Å². The molecule has 9 nitrogen and oxygen atoms in total. The molecule has 4 N–H and O–H groups in total. The number of hydrogen-bond acceptors (Lipinski definition) is 4. The molecule has 0 aliphatic heterocycles. The monoisotopic (exact) mass is 365 g/mol. The molecular formula is C15H19N5O4S. The van der Waals surface area contributed by atoms with Crippen molar-refractivity contribution in [1.29, 1.82) is 0 Å². The van der Waals surface area contributed by atoms with E-state index in [9.17, 15) is 18.0 Å². The highest BCUT2D eigenvalue weighted by Crippen LogP contribution is 2.17. The number of aromatic nitrogens is 1. The lowest BCUT2D eigenvalue weighted by Crippen LogP contribution is -2.24. The average molecular weight is 365 g/mol. The first-order valence-electron chi connectivity index (χ1n) is 7.27. The Bertz CT molecular complexity index is 887. The van der Waals surface area contributed by atoms with E-state index >= 15 is 0 Å². The summed E-state index contributed by atoms with van der Waals surface area (Å²) in [5, 5.41) is 7.70. The minimum atomic E-state index is -3.62. The number of nitrogens with one attached hydrogen (secondary N) is 4. The summed E-state index contributed by atoms with van der Waals surface area (Å²) in [6, 6.07) is 7.45. The van der Waals surface area contributed by atoms with Gasteiger partial charge in [0, 0.05) is 31.7 Å². The minimum Gasteiger partial charge on any atom is -0.345 e. The minimum absolute atomic E-state index is 0.00720. The molecule has 0 saturated carbocycles. The fourth-order valence-corrected chi connectivity index (χ4v) is 2.85. The fourth-order valence-electron chi connectivity index (χ4n) is 2.05. The summed E-state index contributed by atoms with van der Waals surface area (Å²) in [7, 11) is 0.769. The first-order chi connectivity index (χ1) is 11.8. The Morgan fingerprint density at radius 1 is 1.00 bits per heavy atom. The van der Waals surface area contributed by atoms with Crippen LogP contribution in [0.2, 0.25) is 0 Å². The van der Waals surface area contributed by atoms with E-state index in [0.29, 0.717) is 11.4 Å². The summed E-state index contributed by atoms with van der Waals surface area (Å²) in [6.07, 6.45) is 1.36. The van der Waals surface area contributed by atoms with Crippen LogP contribution in [0.5, 0.6) is 0 Å². The van der Waals surface area contributed by atoms with Gasteiger partial charge in [0.1, 0.15) is 10.6 Å². The van der Waals surface area contributed by atoms with Gasteiger partial charge >= 0.3 is 6.03 Å². The van der Waals surface area contributed by atoms with Crippen LogP contribution < -0.4 is 20.7 Å². The first-order valence-corrected chi connectivity index (χ1v) is 8.75. The van der Waals surface area contributed by atoms with E-state index in [0.717, 1.165) is 0 Å². The molecule has 0 fully saturated rings. The SMILES string of the molecule is CNC(=O)Nc1ccc(NC(=O)c2cc(S(=O)(=O)NC)cn2C)cc1. The number of sulfonamides is 1. The fraction of sp³-hybridized carbons (Fsp3) is 0.200. The normalized spacial score (nSPS) is 11.0. The number of carbonyl (C=O) groups excluding carboxylic acids is 2. The average Bonchev–Trinajstić information content (AvgIpc) is 2.99. The smallest absolute Gasteiger partial charge is 0.318 e. The van der Waals surface area contributed by atoms with Crippen molar-refractivity contribution in [2.45, 2.75) is 4.90 Å². The van der Waals surface area contributed by atoms with Crippen LogP contribution in [0.25, 0.3) is 0 Å². The molecule has 1 aromatic heterocycles. The van der Waals surface area contributed by atoms with Crippen LogP contribution in [0, 0.1) is 0 Å². The van der Waals surface area contributed by atoms with Crippen LogP contribution in [0.15, 0.2) is 41.4 Å². The van der Waals surface area contributed by atoms with Crippen LogP contribution >= 0.6 is 0 Å². The lowest BCUT2D eigenvalue weighted by molar-refractivity contribution is 0.101. The summed E-state index contributed by atoms with van der Waals surface area (Å²) < 4.78 is 27.2. The number of nitrogens with zero attached hydrogens (tertiary/aromatic N) is 1. The van der Waals surface area contributed by atoms with Gasteiger partial charge in [-0.05, 0) is 37.4 Å². The van der Waals surface area contributed by atoms with Gasteiger partial charge in [-0.2, -0.15) is 0 Å². The van der Waals surface area contributed by atoms with E-state index in [-0.39, 0.29) is 16.6 Å². The number of hydrogen-bond donors (Lipinski definition) is 4. The Kier molecular flexibility index (Phi) is 5.45. The maximum atomic E-state index is 12.3. The predicted molar refractivity (Wildman–Crippen MR) is 94.1 cm³/mol. The zero-order chi connectivity index (χ0) is 18.6. The van der Waals surface area contributed by atoms with E-state index in [4.69, 9.17) is 0 Å². The first kappa shape index (κ1) is 18.5. The molecule has 0 spiro atoms. The third-order valence-electron chi connectivity index (χ3n) is 3.42. The van der Waals surface area contributed by atoms with Crippen molar-refractivity contribution in [2.75, 3.05) is 24.7 Å². The predicted octanol–water partition coefficient (Wildman–Crippen LogP) is 0.937. The molecule has 10 heteroatoms. The van der Waals surface area contributed by atoms with Gasteiger partial charge in [0.05, 0.1) is 0 Å². The van der Waals surface area contributed by atoms with E-state index < -0.39 is 15.9 Å². The largest absolute Gasteiger partial charge is 0.345 e. The maximum Gasteiger partial charge on any atom is 0.318 e. The van der Waals surface area contributed by atoms with E-state index in [1.807, 2.05) is 0 Å². The van der Waals surface area contributed by atoms with Crippen molar-refractivity contribution in [3.05, 3.63) is 42.2 Å². The van der Waals surface area contributed by atoms with E-state index in [2.05, 4.69) is 20.7 Å². The molecule has 0 saturated heterocycles. The van der Waals surface area contributed by atoms with E-state index in [1.54, 1.807) is 31.3 Å². The van der Waals surface area contributed by atoms with Crippen LogP contribution in [0.3, 0.4) is 0 Å². The second-order valence-corrected chi connectivity index (χ2v) is 7.00. The van der Waals surface area contributed by atoms with Gasteiger partial charge in [-0.3, -0.25) is 4.79 Å². The van der Waals surface area contributed by atoms with Crippen LogP contribution in [0.1, 0.15) is 10.5 Å². The Hall–Kier alpha value is -2.85. The van der Waals surface area contributed by atoms with Gasteiger partial charge in [0.25, 0.3) is 5.91 Å². The molecule has 0 bridgehead atoms. The maximum absolute atomic E-state index is 12.3. The zero-order valence-electron chi connectivity index (χ0n) is 14.0. The number of urea groups is 1.